The summed E-state index contributed by atoms with van der Waals surface area (Å²) in [4.78, 5) is 2.25. The summed E-state index contributed by atoms with van der Waals surface area (Å²) in [6, 6.07) is 9.79. The van der Waals surface area contributed by atoms with E-state index in [2.05, 4.69) is 29.9 Å². The van der Waals surface area contributed by atoms with Crippen LogP contribution in [0.25, 0.3) is 0 Å². The highest BCUT2D eigenvalue weighted by molar-refractivity contribution is 5.53. The van der Waals surface area contributed by atoms with Crippen molar-refractivity contribution in [3.63, 3.8) is 0 Å². The second kappa shape index (κ2) is 8.24. The van der Waals surface area contributed by atoms with E-state index >= 15 is 0 Å². The van der Waals surface area contributed by atoms with Gasteiger partial charge in [-0.05, 0) is 54.9 Å². The van der Waals surface area contributed by atoms with Crippen LogP contribution >= 0.6 is 0 Å². The number of ether oxygens (including phenoxy) is 4. The molecule has 0 saturated heterocycles. The largest absolute Gasteiger partial charge is 0.493 e. The van der Waals surface area contributed by atoms with Gasteiger partial charge in [0.1, 0.15) is 0 Å². The highest BCUT2D eigenvalue weighted by atomic mass is 16.5. The van der Waals surface area contributed by atoms with Gasteiger partial charge < -0.3 is 18.9 Å². The summed E-state index contributed by atoms with van der Waals surface area (Å²) >= 11 is 0. The van der Waals surface area contributed by atoms with E-state index in [0.717, 1.165) is 35.6 Å². The predicted octanol–water partition coefficient (Wildman–Crippen LogP) is 3.30. The average molecular weight is 367 g/mol. The first-order valence-corrected chi connectivity index (χ1v) is 8.79. The topological polar surface area (TPSA) is 40.2 Å². The summed E-state index contributed by atoms with van der Waals surface area (Å²) < 4.78 is 21.6. The SMILES string of the molecule is COc1ccc(C#C[C@H]2c3cc(OC)c(OC)cc3CCN2C)cc1OC. The van der Waals surface area contributed by atoms with Crippen LogP contribution < -0.4 is 18.9 Å². The Bertz CT molecular complexity index is 882. The summed E-state index contributed by atoms with van der Waals surface area (Å²) in [5.41, 5.74) is 3.29. The number of likely N-dealkylation sites (N-methyl/N-ethyl adjacent to an activating group) is 1. The zero-order chi connectivity index (χ0) is 19.4. The van der Waals surface area contributed by atoms with Crippen LogP contribution in [0.3, 0.4) is 0 Å². The third-order valence-electron chi connectivity index (χ3n) is 4.85. The molecule has 0 radical (unpaired) electrons. The molecule has 0 fully saturated rings. The van der Waals surface area contributed by atoms with Crippen molar-refractivity contribution in [2.24, 2.45) is 0 Å². The lowest BCUT2D eigenvalue weighted by Crippen LogP contribution is -2.31. The Morgan fingerprint density at radius 1 is 0.852 bits per heavy atom. The third-order valence-corrected chi connectivity index (χ3v) is 4.85. The van der Waals surface area contributed by atoms with Crippen molar-refractivity contribution in [1.82, 2.24) is 4.90 Å². The average Bonchev–Trinajstić information content (AvgIpc) is 2.71. The Morgan fingerprint density at radius 3 is 2.15 bits per heavy atom. The van der Waals surface area contributed by atoms with Gasteiger partial charge in [0.05, 0.1) is 34.5 Å². The summed E-state index contributed by atoms with van der Waals surface area (Å²) in [6.45, 7) is 0.938. The number of rotatable bonds is 4. The molecule has 0 N–H and O–H groups in total. The first-order valence-electron chi connectivity index (χ1n) is 8.79. The molecular weight excluding hydrogens is 342 g/mol. The Balaban J connectivity index is 1.98. The van der Waals surface area contributed by atoms with E-state index in [9.17, 15) is 0 Å². The van der Waals surface area contributed by atoms with Gasteiger partial charge in [-0.1, -0.05) is 11.8 Å². The molecule has 0 bridgehead atoms. The molecule has 1 atom stereocenters. The fourth-order valence-corrected chi connectivity index (χ4v) is 3.32. The van der Waals surface area contributed by atoms with Gasteiger partial charge in [-0.2, -0.15) is 0 Å². The Labute approximate surface area is 160 Å². The van der Waals surface area contributed by atoms with Crippen LogP contribution in [-0.4, -0.2) is 46.9 Å². The maximum Gasteiger partial charge on any atom is 0.161 e. The van der Waals surface area contributed by atoms with Gasteiger partial charge in [0, 0.05) is 12.1 Å². The second-order valence-electron chi connectivity index (χ2n) is 6.38. The van der Waals surface area contributed by atoms with Crippen molar-refractivity contribution in [3.05, 3.63) is 47.0 Å². The molecule has 3 rings (SSSR count). The van der Waals surface area contributed by atoms with Crippen LogP contribution in [0, 0.1) is 11.8 Å². The van der Waals surface area contributed by atoms with Crippen molar-refractivity contribution < 1.29 is 18.9 Å². The van der Waals surface area contributed by atoms with E-state index in [1.165, 1.54) is 5.56 Å². The number of benzene rings is 2. The zero-order valence-corrected chi connectivity index (χ0v) is 16.5. The van der Waals surface area contributed by atoms with Crippen LogP contribution in [0.1, 0.15) is 22.7 Å². The van der Waals surface area contributed by atoms with Crippen LogP contribution in [0.4, 0.5) is 0 Å². The van der Waals surface area contributed by atoms with Gasteiger partial charge >= 0.3 is 0 Å². The third kappa shape index (κ3) is 3.81. The lowest BCUT2D eigenvalue weighted by Gasteiger charge is -2.32. The van der Waals surface area contributed by atoms with Crippen molar-refractivity contribution in [2.75, 3.05) is 42.0 Å². The normalized spacial score (nSPS) is 16.0. The smallest absolute Gasteiger partial charge is 0.161 e. The zero-order valence-electron chi connectivity index (χ0n) is 16.5. The maximum atomic E-state index is 5.48. The number of methoxy groups -OCH3 is 4. The fourth-order valence-electron chi connectivity index (χ4n) is 3.32. The molecule has 1 aliphatic rings. The van der Waals surface area contributed by atoms with Gasteiger partial charge in [-0.3, -0.25) is 4.90 Å². The van der Waals surface area contributed by atoms with E-state index in [-0.39, 0.29) is 6.04 Å². The van der Waals surface area contributed by atoms with Crippen LogP contribution in [0.5, 0.6) is 23.0 Å². The standard InChI is InChI=1S/C22H25NO4/c1-23-11-10-16-13-21(26-4)22(27-5)14-17(16)18(23)8-6-15-7-9-19(24-2)20(12-15)25-3/h7,9,12-14,18H,10-11H2,1-5H3/t18-/m0/s1. The van der Waals surface area contributed by atoms with Gasteiger partial charge in [0.2, 0.25) is 0 Å². The van der Waals surface area contributed by atoms with Crippen LogP contribution in [0.15, 0.2) is 30.3 Å². The number of hydrogen-bond acceptors (Lipinski definition) is 5. The molecule has 5 heteroatoms. The minimum Gasteiger partial charge on any atom is -0.493 e. The van der Waals surface area contributed by atoms with Crippen LogP contribution in [-0.2, 0) is 6.42 Å². The first-order chi connectivity index (χ1) is 13.1. The molecule has 27 heavy (non-hydrogen) atoms. The lowest BCUT2D eigenvalue weighted by molar-refractivity contribution is 0.276. The molecule has 142 valence electrons. The molecule has 1 aliphatic heterocycles. The quantitative estimate of drug-likeness (QED) is 0.776. The Morgan fingerprint density at radius 2 is 1.48 bits per heavy atom. The highest BCUT2D eigenvalue weighted by Crippen LogP contribution is 2.37. The van der Waals surface area contributed by atoms with E-state index < -0.39 is 0 Å². The van der Waals surface area contributed by atoms with E-state index in [1.54, 1.807) is 28.4 Å². The summed E-state index contributed by atoms with van der Waals surface area (Å²) in [7, 11) is 8.65. The van der Waals surface area contributed by atoms with E-state index in [4.69, 9.17) is 18.9 Å². The molecule has 2 aromatic carbocycles. The molecular formula is C22H25NO4. The molecule has 0 saturated carbocycles. The lowest BCUT2D eigenvalue weighted by atomic mass is 9.92. The number of nitrogens with zero attached hydrogens (tertiary/aromatic N) is 1. The first kappa shape index (κ1) is 18.9. The molecule has 0 amide bonds. The summed E-state index contributed by atoms with van der Waals surface area (Å²) in [5, 5.41) is 0. The van der Waals surface area contributed by atoms with Gasteiger partial charge in [0.15, 0.2) is 23.0 Å². The Hall–Kier alpha value is -2.84. The second-order valence-corrected chi connectivity index (χ2v) is 6.38. The molecule has 1 heterocycles. The molecule has 0 unspecified atom stereocenters. The van der Waals surface area contributed by atoms with E-state index in [0.29, 0.717) is 11.5 Å². The van der Waals surface area contributed by atoms with Gasteiger partial charge in [-0.25, -0.2) is 0 Å². The molecule has 5 nitrogen and oxygen atoms in total. The van der Waals surface area contributed by atoms with Crippen molar-refractivity contribution in [2.45, 2.75) is 12.5 Å². The molecule has 0 aromatic heterocycles. The number of fused-ring (bicyclic) bond motifs is 1. The predicted molar refractivity (Wildman–Crippen MR) is 105 cm³/mol. The molecule has 0 aliphatic carbocycles. The summed E-state index contributed by atoms with van der Waals surface area (Å²) in [5.74, 6) is 9.53. The van der Waals surface area contributed by atoms with Crippen molar-refractivity contribution in [1.29, 1.82) is 0 Å². The van der Waals surface area contributed by atoms with Gasteiger partial charge in [-0.15, -0.1) is 0 Å². The van der Waals surface area contributed by atoms with Crippen molar-refractivity contribution >= 4 is 0 Å². The minimum atomic E-state index is -0.0124. The highest BCUT2D eigenvalue weighted by Gasteiger charge is 2.25. The summed E-state index contributed by atoms with van der Waals surface area (Å²) in [6.07, 6.45) is 0.959. The molecule has 0 spiro atoms. The minimum absolute atomic E-state index is 0.0124. The number of hydrogen-bond donors (Lipinski definition) is 0. The van der Waals surface area contributed by atoms with Gasteiger partial charge in [0.25, 0.3) is 0 Å². The van der Waals surface area contributed by atoms with Crippen LogP contribution in [0.2, 0.25) is 0 Å². The fraction of sp³-hybridized carbons (Fsp3) is 0.364. The maximum absolute atomic E-state index is 5.48. The van der Waals surface area contributed by atoms with E-state index in [1.807, 2.05) is 24.3 Å². The Kier molecular flexibility index (Phi) is 5.78. The monoisotopic (exact) mass is 367 g/mol. The molecule has 2 aromatic rings. The van der Waals surface area contributed by atoms with Crippen molar-refractivity contribution in [3.8, 4) is 34.8 Å².